The lowest BCUT2D eigenvalue weighted by molar-refractivity contribution is -0.139. The summed E-state index contributed by atoms with van der Waals surface area (Å²) in [6.07, 6.45) is 2.49. The molecular weight excluding hydrogens is 178 g/mol. The minimum Gasteiger partial charge on any atom is -0.481 e. The summed E-state index contributed by atoms with van der Waals surface area (Å²) >= 11 is 0. The highest BCUT2D eigenvalue weighted by Gasteiger charge is 2.60. The Labute approximate surface area is 84.0 Å². The van der Waals surface area contributed by atoms with E-state index in [2.05, 4.69) is 6.07 Å². The predicted octanol–water partition coefficient (Wildman–Crippen LogP) is 2.20. The van der Waals surface area contributed by atoms with E-state index < -0.39 is 5.97 Å². The number of nitriles is 1. The van der Waals surface area contributed by atoms with E-state index >= 15 is 0 Å². The van der Waals surface area contributed by atoms with Crippen molar-refractivity contribution in [2.45, 2.75) is 27.2 Å². The molecule has 1 aliphatic rings. The van der Waals surface area contributed by atoms with Crippen LogP contribution in [-0.4, -0.2) is 11.1 Å². The van der Waals surface area contributed by atoms with Gasteiger partial charge in [0, 0.05) is 5.57 Å². The zero-order valence-electron chi connectivity index (χ0n) is 8.74. The van der Waals surface area contributed by atoms with Crippen LogP contribution in [0.15, 0.2) is 11.6 Å². The van der Waals surface area contributed by atoms with Gasteiger partial charge in [-0.3, -0.25) is 4.79 Å². The first kappa shape index (κ1) is 10.8. The van der Waals surface area contributed by atoms with Crippen LogP contribution in [0, 0.1) is 28.6 Å². The molecule has 0 aromatic rings. The second kappa shape index (κ2) is 3.45. The number of carboxylic acids is 1. The molecule has 76 valence electrons. The van der Waals surface area contributed by atoms with Gasteiger partial charge in [-0.05, 0) is 17.8 Å². The van der Waals surface area contributed by atoms with E-state index in [1.807, 2.05) is 26.8 Å². The van der Waals surface area contributed by atoms with Crippen LogP contribution in [0.4, 0.5) is 0 Å². The molecule has 1 saturated carbocycles. The normalized spacial score (nSPS) is 29.4. The molecule has 0 bridgehead atoms. The van der Waals surface area contributed by atoms with Gasteiger partial charge in [-0.25, -0.2) is 0 Å². The summed E-state index contributed by atoms with van der Waals surface area (Å²) in [6.45, 7) is 5.76. The zero-order chi connectivity index (χ0) is 10.9. The molecule has 3 heteroatoms. The van der Waals surface area contributed by atoms with Crippen molar-refractivity contribution >= 4 is 5.97 Å². The van der Waals surface area contributed by atoms with Crippen molar-refractivity contribution in [3.05, 3.63) is 11.6 Å². The van der Waals surface area contributed by atoms with Crippen LogP contribution in [0.5, 0.6) is 0 Å². The fourth-order valence-corrected chi connectivity index (χ4v) is 1.91. The first-order chi connectivity index (χ1) is 6.45. The minimum atomic E-state index is -0.760. The Hall–Kier alpha value is -1.30. The van der Waals surface area contributed by atoms with Gasteiger partial charge in [0.1, 0.15) is 0 Å². The fraction of sp³-hybridized carbons (Fsp3) is 0.636. The lowest BCUT2D eigenvalue weighted by Crippen LogP contribution is -2.03. The largest absolute Gasteiger partial charge is 0.481 e. The van der Waals surface area contributed by atoms with Crippen LogP contribution in [0.1, 0.15) is 27.2 Å². The molecule has 0 amide bonds. The molecule has 0 aromatic carbocycles. The van der Waals surface area contributed by atoms with E-state index in [1.54, 1.807) is 0 Å². The van der Waals surface area contributed by atoms with Crippen molar-refractivity contribution in [1.29, 1.82) is 5.26 Å². The first-order valence-electron chi connectivity index (χ1n) is 4.78. The number of allylic oxidation sites excluding steroid dienone is 2. The second-order valence-electron chi connectivity index (χ2n) is 4.32. The third kappa shape index (κ3) is 1.65. The lowest BCUT2D eigenvalue weighted by atomic mass is 10.1. The molecule has 1 N–H and O–H groups in total. The topological polar surface area (TPSA) is 61.1 Å². The van der Waals surface area contributed by atoms with Crippen molar-refractivity contribution in [3.63, 3.8) is 0 Å². The van der Waals surface area contributed by atoms with Crippen LogP contribution < -0.4 is 0 Å². The van der Waals surface area contributed by atoms with Crippen molar-refractivity contribution < 1.29 is 9.90 Å². The fourth-order valence-electron chi connectivity index (χ4n) is 1.91. The quantitative estimate of drug-likeness (QED) is 0.699. The number of carbonyl (C=O) groups is 1. The Kier molecular flexibility index (Phi) is 2.66. The van der Waals surface area contributed by atoms with Gasteiger partial charge < -0.3 is 5.11 Å². The van der Waals surface area contributed by atoms with Gasteiger partial charge in [-0.15, -0.1) is 0 Å². The standard InChI is InChI=1S/C11H15NO2/c1-4-7(6-12)5-8-9(10(13)14)11(8,2)3/h5,8-9H,4H2,1-3H3,(H,13,14). The van der Waals surface area contributed by atoms with Crippen LogP contribution in [0.3, 0.4) is 0 Å². The molecule has 0 saturated heterocycles. The molecule has 14 heavy (non-hydrogen) atoms. The Morgan fingerprint density at radius 1 is 1.64 bits per heavy atom. The van der Waals surface area contributed by atoms with Crippen LogP contribution >= 0.6 is 0 Å². The molecule has 0 radical (unpaired) electrons. The van der Waals surface area contributed by atoms with E-state index in [9.17, 15) is 4.79 Å². The number of rotatable bonds is 3. The minimum absolute atomic E-state index is 0.0228. The van der Waals surface area contributed by atoms with Gasteiger partial charge in [0.05, 0.1) is 12.0 Å². The maximum absolute atomic E-state index is 10.8. The molecule has 1 rings (SSSR count). The average molecular weight is 193 g/mol. The number of hydrogen-bond acceptors (Lipinski definition) is 2. The third-order valence-electron chi connectivity index (χ3n) is 3.08. The summed E-state index contributed by atoms with van der Waals surface area (Å²) in [7, 11) is 0. The molecule has 0 aromatic heterocycles. The van der Waals surface area contributed by atoms with Crippen molar-refractivity contribution in [3.8, 4) is 6.07 Å². The summed E-state index contributed by atoms with van der Waals surface area (Å²) < 4.78 is 0. The summed E-state index contributed by atoms with van der Waals surface area (Å²) in [4.78, 5) is 10.8. The van der Waals surface area contributed by atoms with E-state index in [-0.39, 0.29) is 17.3 Å². The van der Waals surface area contributed by atoms with Gasteiger partial charge in [-0.2, -0.15) is 5.26 Å². The van der Waals surface area contributed by atoms with Gasteiger partial charge >= 0.3 is 5.97 Å². The molecule has 0 aliphatic heterocycles. The summed E-state index contributed by atoms with van der Waals surface area (Å²) in [6, 6.07) is 2.09. The molecule has 2 atom stereocenters. The highest BCUT2D eigenvalue weighted by atomic mass is 16.4. The van der Waals surface area contributed by atoms with Crippen LogP contribution in [0.2, 0.25) is 0 Å². The number of aliphatic carboxylic acids is 1. The Morgan fingerprint density at radius 3 is 2.50 bits per heavy atom. The lowest BCUT2D eigenvalue weighted by Gasteiger charge is -1.97. The molecule has 0 spiro atoms. The van der Waals surface area contributed by atoms with Crippen LogP contribution in [-0.2, 0) is 4.79 Å². The monoisotopic (exact) mass is 193 g/mol. The Morgan fingerprint density at radius 2 is 2.21 bits per heavy atom. The number of hydrogen-bond donors (Lipinski definition) is 1. The summed E-state index contributed by atoms with van der Waals surface area (Å²) in [5, 5.41) is 17.6. The van der Waals surface area contributed by atoms with Gasteiger partial charge in [-0.1, -0.05) is 26.8 Å². The first-order valence-corrected chi connectivity index (χ1v) is 4.78. The number of carboxylic acid groups (broad SMARTS) is 1. The predicted molar refractivity (Wildman–Crippen MR) is 52.4 cm³/mol. The molecule has 3 nitrogen and oxygen atoms in total. The highest BCUT2D eigenvalue weighted by molar-refractivity contribution is 5.76. The van der Waals surface area contributed by atoms with Gasteiger partial charge in [0.2, 0.25) is 0 Å². The van der Waals surface area contributed by atoms with Crippen molar-refractivity contribution in [2.24, 2.45) is 17.3 Å². The zero-order valence-corrected chi connectivity index (χ0v) is 8.74. The van der Waals surface area contributed by atoms with E-state index in [0.717, 1.165) is 0 Å². The molecule has 1 fully saturated rings. The average Bonchev–Trinajstić information content (AvgIpc) is 2.63. The van der Waals surface area contributed by atoms with E-state index in [4.69, 9.17) is 10.4 Å². The third-order valence-corrected chi connectivity index (χ3v) is 3.08. The maximum Gasteiger partial charge on any atom is 0.307 e. The number of nitrogens with zero attached hydrogens (tertiary/aromatic N) is 1. The Balaban J connectivity index is 2.80. The maximum atomic E-state index is 10.8. The SMILES string of the molecule is CCC(C#N)=CC1C(C(=O)O)C1(C)C. The van der Waals surface area contributed by atoms with Gasteiger partial charge in [0.25, 0.3) is 0 Å². The summed E-state index contributed by atoms with van der Waals surface area (Å²) in [5.74, 6) is -1.06. The van der Waals surface area contributed by atoms with Gasteiger partial charge in [0.15, 0.2) is 0 Å². The van der Waals surface area contributed by atoms with Crippen molar-refractivity contribution in [2.75, 3.05) is 0 Å². The molecule has 0 heterocycles. The second-order valence-corrected chi connectivity index (χ2v) is 4.32. The smallest absolute Gasteiger partial charge is 0.307 e. The Bertz CT molecular complexity index is 323. The molecule has 1 aliphatic carbocycles. The summed E-state index contributed by atoms with van der Waals surface area (Å²) in [5.41, 5.74) is 0.496. The van der Waals surface area contributed by atoms with Crippen molar-refractivity contribution in [1.82, 2.24) is 0 Å². The van der Waals surface area contributed by atoms with E-state index in [0.29, 0.717) is 12.0 Å². The van der Waals surface area contributed by atoms with Crippen LogP contribution in [0.25, 0.3) is 0 Å². The van der Waals surface area contributed by atoms with E-state index in [1.165, 1.54) is 0 Å². The molecular formula is C11H15NO2. The molecule has 2 unspecified atom stereocenters. The highest BCUT2D eigenvalue weighted by Crippen LogP contribution is 2.59.